The van der Waals surface area contributed by atoms with E-state index in [4.69, 9.17) is 22.3 Å². The Labute approximate surface area is 227 Å². The Morgan fingerprint density at radius 3 is 2.47 bits per heavy atom. The van der Waals surface area contributed by atoms with Gasteiger partial charge in [-0.1, -0.05) is 18.2 Å². The van der Waals surface area contributed by atoms with Crippen LogP contribution < -0.4 is 16.2 Å². The Bertz CT molecular complexity index is 1500. The van der Waals surface area contributed by atoms with E-state index in [1.165, 1.54) is 0 Å². The molecule has 3 N–H and O–H groups in total. The third kappa shape index (κ3) is 5.13. The van der Waals surface area contributed by atoms with E-state index in [0.29, 0.717) is 29.1 Å². The molecular formula is C28H32N8OS. The number of nitrogens with one attached hydrogen (secondary N) is 3. The van der Waals surface area contributed by atoms with Gasteiger partial charge < -0.3 is 5.32 Å². The van der Waals surface area contributed by atoms with E-state index in [1.807, 2.05) is 52.7 Å². The van der Waals surface area contributed by atoms with Crippen LogP contribution in [0.2, 0.25) is 0 Å². The summed E-state index contributed by atoms with van der Waals surface area (Å²) in [5.74, 6) is 0.522. The summed E-state index contributed by atoms with van der Waals surface area (Å²) < 4.78 is 3.89. The van der Waals surface area contributed by atoms with E-state index in [9.17, 15) is 4.79 Å². The van der Waals surface area contributed by atoms with Crippen LogP contribution in [0.4, 0.5) is 0 Å². The zero-order valence-electron chi connectivity index (χ0n) is 21.7. The van der Waals surface area contributed by atoms with Crippen LogP contribution >= 0.6 is 12.2 Å². The van der Waals surface area contributed by atoms with Crippen LogP contribution in [0.1, 0.15) is 77.1 Å². The average Bonchev–Trinajstić information content (AvgIpc) is 3.86. The number of carbonyl (C=O) groups excluding carboxylic acids is 1. The predicted molar refractivity (Wildman–Crippen MR) is 150 cm³/mol. The van der Waals surface area contributed by atoms with Crippen molar-refractivity contribution < 1.29 is 4.79 Å². The molecule has 3 heterocycles. The molecule has 2 saturated carbocycles. The SMILES string of the molecule is Cc1cc(C)n(CCCNC(=S)NNC(=O)c2cc(C3CC3)nc3c2c(C2CC2)nn3-c2ccccc2)n1. The number of hydrogen-bond acceptors (Lipinski definition) is 5. The van der Waals surface area contributed by atoms with Crippen LogP contribution in [0.25, 0.3) is 16.7 Å². The summed E-state index contributed by atoms with van der Waals surface area (Å²) >= 11 is 5.41. The van der Waals surface area contributed by atoms with Crippen molar-refractivity contribution in [3.05, 3.63) is 70.8 Å². The summed E-state index contributed by atoms with van der Waals surface area (Å²) in [7, 11) is 0. The maximum absolute atomic E-state index is 13.5. The molecular weight excluding hydrogens is 496 g/mol. The predicted octanol–water partition coefficient (Wildman–Crippen LogP) is 4.19. The first kappa shape index (κ1) is 24.5. The molecule has 6 rings (SSSR count). The van der Waals surface area contributed by atoms with Crippen LogP contribution in [0, 0.1) is 13.8 Å². The van der Waals surface area contributed by atoms with Crippen LogP contribution in [0.3, 0.4) is 0 Å². The van der Waals surface area contributed by atoms with Crippen LogP contribution in [0.5, 0.6) is 0 Å². The number of hydrogen-bond donors (Lipinski definition) is 3. The number of thiocarbonyl (C=S) groups is 1. The van der Waals surface area contributed by atoms with Gasteiger partial charge in [0.05, 0.1) is 28.0 Å². The van der Waals surface area contributed by atoms with Crippen molar-refractivity contribution in [1.29, 1.82) is 0 Å². The zero-order chi connectivity index (χ0) is 26.2. The molecule has 2 aliphatic carbocycles. The number of rotatable bonds is 8. The normalized spacial score (nSPS) is 15.0. The molecule has 1 amide bonds. The van der Waals surface area contributed by atoms with Gasteiger partial charge in [-0.15, -0.1) is 0 Å². The average molecular weight is 529 g/mol. The first-order valence-corrected chi connectivity index (χ1v) is 13.7. The van der Waals surface area contributed by atoms with Gasteiger partial charge in [0.2, 0.25) is 0 Å². The lowest BCUT2D eigenvalue weighted by atomic mass is 10.1. The van der Waals surface area contributed by atoms with Crippen molar-refractivity contribution in [2.24, 2.45) is 0 Å². The summed E-state index contributed by atoms with van der Waals surface area (Å²) in [5, 5.41) is 13.8. The molecule has 0 radical (unpaired) electrons. The standard InChI is InChI=1S/C28H32N8OS/c1-17-15-18(2)35(33-17)14-6-13-29-28(38)32-31-27(37)22-16-23(19-9-10-19)30-26-24(22)25(20-11-12-20)34-36(26)21-7-4-3-5-8-21/h3-5,7-8,15-16,19-20H,6,9-14H2,1-2H3,(H,31,37)(H2,29,32,38). The summed E-state index contributed by atoms with van der Waals surface area (Å²) in [6, 6.07) is 14.0. The Balaban J connectivity index is 1.18. The van der Waals surface area contributed by atoms with Gasteiger partial charge in [-0.2, -0.15) is 10.2 Å². The van der Waals surface area contributed by atoms with E-state index >= 15 is 0 Å². The highest BCUT2D eigenvalue weighted by Crippen LogP contribution is 2.45. The fraction of sp³-hybridized carbons (Fsp3) is 0.393. The first-order valence-electron chi connectivity index (χ1n) is 13.3. The monoisotopic (exact) mass is 528 g/mol. The number of hydrazine groups is 1. The Hall–Kier alpha value is -3.79. The fourth-order valence-corrected chi connectivity index (χ4v) is 5.03. The van der Waals surface area contributed by atoms with Gasteiger partial charge in [0, 0.05) is 36.3 Å². The van der Waals surface area contributed by atoms with E-state index in [2.05, 4.69) is 34.3 Å². The number of pyridine rings is 1. The second-order valence-electron chi connectivity index (χ2n) is 10.3. The second kappa shape index (κ2) is 10.2. The molecule has 0 spiro atoms. The Kier molecular flexibility index (Phi) is 6.57. The van der Waals surface area contributed by atoms with Gasteiger partial charge >= 0.3 is 0 Å². The molecule has 10 heteroatoms. The second-order valence-corrected chi connectivity index (χ2v) is 10.7. The van der Waals surface area contributed by atoms with E-state index in [0.717, 1.165) is 78.1 Å². The number of aromatic nitrogens is 5. The van der Waals surface area contributed by atoms with Gasteiger partial charge in [0.1, 0.15) is 0 Å². The maximum Gasteiger partial charge on any atom is 0.270 e. The number of carbonyl (C=O) groups is 1. The molecule has 3 aromatic heterocycles. The summed E-state index contributed by atoms with van der Waals surface area (Å²) in [6.07, 6.45) is 5.21. The summed E-state index contributed by atoms with van der Waals surface area (Å²) in [6.45, 7) is 5.52. The number of aryl methyl sites for hydroxylation is 3. The smallest absolute Gasteiger partial charge is 0.270 e. The lowest BCUT2D eigenvalue weighted by Crippen LogP contribution is -2.47. The van der Waals surface area contributed by atoms with Gasteiger partial charge in [-0.05, 0) is 82.4 Å². The van der Waals surface area contributed by atoms with Crippen molar-refractivity contribution in [1.82, 2.24) is 40.7 Å². The summed E-state index contributed by atoms with van der Waals surface area (Å²) in [5.41, 5.74) is 12.0. The highest BCUT2D eigenvalue weighted by Gasteiger charge is 2.34. The molecule has 4 aromatic rings. The molecule has 0 bridgehead atoms. The molecule has 196 valence electrons. The molecule has 9 nitrogen and oxygen atoms in total. The van der Waals surface area contributed by atoms with E-state index < -0.39 is 0 Å². The zero-order valence-corrected chi connectivity index (χ0v) is 22.5. The Morgan fingerprint density at radius 2 is 1.79 bits per heavy atom. The minimum Gasteiger partial charge on any atom is -0.361 e. The largest absolute Gasteiger partial charge is 0.361 e. The van der Waals surface area contributed by atoms with Crippen molar-refractivity contribution in [2.45, 2.75) is 64.3 Å². The van der Waals surface area contributed by atoms with Crippen LogP contribution in [0.15, 0.2) is 42.5 Å². The van der Waals surface area contributed by atoms with Gasteiger partial charge in [0.25, 0.3) is 5.91 Å². The quantitative estimate of drug-likeness (QED) is 0.179. The molecule has 0 saturated heterocycles. The van der Waals surface area contributed by atoms with Crippen molar-refractivity contribution in [3.63, 3.8) is 0 Å². The molecule has 0 atom stereocenters. The van der Waals surface area contributed by atoms with E-state index in [-0.39, 0.29) is 5.91 Å². The highest BCUT2D eigenvalue weighted by molar-refractivity contribution is 7.80. The minimum atomic E-state index is -0.236. The number of benzene rings is 1. The number of nitrogens with zero attached hydrogens (tertiary/aromatic N) is 5. The molecule has 0 unspecified atom stereocenters. The summed E-state index contributed by atoms with van der Waals surface area (Å²) in [4.78, 5) is 18.5. The molecule has 0 aliphatic heterocycles. The van der Waals surface area contributed by atoms with Gasteiger partial charge in [0.15, 0.2) is 10.8 Å². The van der Waals surface area contributed by atoms with Crippen molar-refractivity contribution in [3.8, 4) is 5.69 Å². The molecule has 38 heavy (non-hydrogen) atoms. The number of fused-ring (bicyclic) bond motifs is 1. The third-order valence-corrected chi connectivity index (χ3v) is 7.36. The van der Waals surface area contributed by atoms with Crippen LogP contribution in [-0.2, 0) is 6.54 Å². The Morgan fingerprint density at radius 1 is 1.03 bits per heavy atom. The number of amides is 1. The molecule has 1 aromatic carbocycles. The topological polar surface area (TPSA) is 102 Å². The highest BCUT2D eigenvalue weighted by atomic mass is 32.1. The van der Waals surface area contributed by atoms with Crippen molar-refractivity contribution in [2.75, 3.05) is 6.54 Å². The first-order chi connectivity index (χ1) is 18.5. The van der Waals surface area contributed by atoms with Crippen LogP contribution in [-0.4, -0.2) is 42.1 Å². The van der Waals surface area contributed by atoms with Crippen molar-refractivity contribution >= 4 is 34.3 Å². The molecule has 2 aliphatic rings. The minimum absolute atomic E-state index is 0.236. The lowest BCUT2D eigenvalue weighted by molar-refractivity contribution is 0.0945. The fourth-order valence-electron chi connectivity index (χ4n) is 4.88. The van der Waals surface area contributed by atoms with Gasteiger partial charge in [-0.25, -0.2) is 9.67 Å². The third-order valence-electron chi connectivity index (χ3n) is 7.11. The lowest BCUT2D eigenvalue weighted by Gasteiger charge is -2.13. The maximum atomic E-state index is 13.5. The van der Waals surface area contributed by atoms with Gasteiger partial charge in [-0.3, -0.25) is 20.3 Å². The molecule has 2 fully saturated rings. The van der Waals surface area contributed by atoms with E-state index in [1.54, 1.807) is 0 Å². The number of para-hydroxylation sites is 1.